The number of amides is 1. The van der Waals surface area contributed by atoms with Crippen molar-refractivity contribution < 1.29 is 52.4 Å². The van der Waals surface area contributed by atoms with E-state index in [4.69, 9.17) is 4.74 Å². The van der Waals surface area contributed by atoms with E-state index in [0.29, 0.717) is 12.3 Å². The lowest BCUT2D eigenvalue weighted by Crippen LogP contribution is -2.27. The van der Waals surface area contributed by atoms with E-state index in [1.54, 1.807) is 6.08 Å². The Hall–Kier alpha value is -3.65. The summed E-state index contributed by atoms with van der Waals surface area (Å²) in [5.41, 5.74) is -0.789. The van der Waals surface area contributed by atoms with Crippen molar-refractivity contribution in [3.05, 3.63) is 64.2 Å². The molecule has 250 valence electrons. The van der Waals surface area contributed by atoms with Crippen LogP contribution < -0.4 is 10.1 Å². The monoisotopic (exact) mass is 634 g/mol. The highest BCUT2D eigenvalue weighted by Crippen LogP contribution is 2.32. The molecule has 5 unspecified atom stereocenters. The number of ether oxygens (including phenoxy) is 2. The Balaban J connectivity index is 0.000000747. The van der Waals surface area contributed by atoms with E-state index in [0.717, 1.165) is 25.0 Å². The third-order valence-electron chi connectivity index (χ3n) is 6.01. The van der Waals surface area contributed by atoms with Crippen LogP contribution in [0.5, 0.6) is 5.75 Å². The predicted molar refractivity (Wildman–Crippen MR) is 157 cm³/mol. The average Bonchev–Trinajstić information content (AvgIpc) is 3.29. The van der Waals surface area contributed by atoms with Gasteiger partial charge in [-0.25, -0.2) is 0 Å². The summed E-state index contributed by atoms with van der Waals surface area (Å²) in [5.74, 6) is -0.177. The van der Waals surface area contributed by atoms with Crippen LogP contribution in [-0.4, -0.2) is 65.7 Å². The molecule has 1 amide bonds. The van der Waals surface area contributed by atoms with Crippen molar-refractivity contribution in [1.29, 1.82) is 0 Å². The quantitative estimate of drug-likeness (QED) is 0.0601. The van der Waals surface area contributed by atoms with Crippen molar-refractivity contribution in [3.63, 3.8) is 0 Å². The fraction of sp³-hybridized carbons (Fsp3) is 0.600. The van der Waals surface area contributed by atoms with Gasteiger partial charge >= 0.3 is 12.1 Å². The molecule has 11 nitrogen and oxygen atoms in total. The molecular weight excluding hydrogens is 589 g/mol. The number of carbonyl (C=O) groups is 2. The summed E-state index contributed by atoms with van der Waals surface area (Å²) in [4.78, 5) is 34.4. The summed E-state index contributed by atoms with van der Waals surface area (Å²) in [6.45, 7) is 7.07. The fourth-order valence-electron chi connectivity index (χ4n) is 3.83. The number of esters is 1. The minimum absolute atomic E-state index is 0.00760. The summed E-state index contributed by atoms with van der Waals surface area (Å²) in [7, 11) is 0. The summed E-state index contributed by atoms with van der Waals surface area (Å²) in [6.07, 6.45) is 6.86. The average molecular weight is 635 g/mol. The Bertz CT molecular complexity index is 1020. The lowest BCUT2D eigenvalue weighted by Gasteiger charge is -2.13. The van der Waals surface area contributed by atoms with Crippen LogP contribution in [-0.2, 0) is 25.3 Å². The number of rotatable bonds is 15. The summed E-state index contributed by atoms with van der Waals surface area (Å²) < 4.78 is 47.5. The molecule has 14 heteroatoms. The maximum atomic E-state index is 12.6. The van der Waals surface area contributed by atoms with Crippen molar-refractivity contribution in [2.75, 3.05) is 19.8 Å². The van der Waals surface area contributed by atoms with E-state index in [2.05, 4.69) is 47.8 Å². The summed E-state index contributed by atoms with van der Waals surface area (Å²) in [5, 5.41) is 30.6. The molecule has 0 spiro atoms. The van der Waals surface area contributed by atoms with Gasteiger partial charge in [0.2, 0.25) is 6.41 Å². The van der Waals surface area contributed by atoms with Crippen molar-refractivity contribution in [2.24, 2.45) is 11.8 Å². The molecule has 3 N–H and O–H groups in total. The van der Waals surface area contributed by atoms with Crippen LogP contribution in [0.3, 0.4) is 0 Å². The number of aliphatic hydroxyl groups excluding tert-OH is 2. The van der Waals surface area contributed by atoms with Crippen molar-refractivity contribution >= 4 is 12.4 Å². The Morgan fingerprint density at radius 1 is 1.27 bits per heavy atom. The highest BCUT2D eigenvalue weighted by Gasteiger charge is 2.31. The van der Waals surface area contributed by atoms with E-state index in [1.807, 2.05) is 0 Å². The van der Waals surface area contributed by atoms with Gasteiger partial charge in [-0.05, 0) is 57.2 Å². The third-order valence-corrected chi connectivity index (χ3v) is 6.01. The van der Waals surface area contributed by atoms with Crippen molar-refractivity contribution in [2.45, 2.75) is 84.3 Å². The van der Waals surface area contributed by atoms with E-state index in [-0.39, 0.29) is 31.4 Å². The second-order valence-electron chi connectivity index (χ2n) is 10.1. The third kappa shape index (κ3) is 20.3. The molecule has 1 aromatic carbocycles. The van der Waals surface area contributed by atoms with E-state index in [9.17, 15) is 43.1 Å². The SMILES string of the molecule is C/C=C\CCCC.CC(COC(=O)CNC=O)O[N+](=O)[O-].CC1CC(O)C(/C=C/C(O)COc2cccc(C(F)(F)F)c2)C1. The zero-order valence-electron chi connectivity index (χ0n) is 25.6. The Labute approximate surface area is 256 Å². The van der Waals surface area contributed by atoms with Gasteiger partial charge in [0.1, 0.15) is 37.7 Å². The zero-order chi connectivity index (χ0) is 33.5. The normalized spacial score (nSPS) is 19.2. The number of hydrogen-bond donors (Lipinski definition) is 3. The molecule has 0 aliphatic heterocycles. The smallest absolute Gasteiger partial charge is 0.416 e. The number of alkyl halides is 3. The Morgan fingerprint density at radius 3 is 2.52 bits per heavy atom. The number of halogens is 3. The predicted octanol–water partition coefficient (Wildman–Crippen LogP) is 5.03. The van der Waals surface area contributed by atoms with Crippen LogP contribution >= 0.6 is 0 Å². The number of allylic oxidation sites excluding steroid dienone is 2. The number of benzene rings is 1. The molecule has 0 radical (unpaired) electrons. The summed E-state index contributed by atoms with van der Waals surface area (Å²) in [6, 6.07) is 4.54. The molecule has 0 bridgehead atoms. The first-order valence-electron chi connectivity index (χ1n) is 14.3. The fourth-order valence-corrected chi connectivity index (χ4v) is 3.83. The first-order valence-corrected chi connectivity index (χ1v) is 14.3. The zero-order valence-corrected chi connectivity index (χ0v) is 25.6. The van der Waals surface area contributed by atoms with Gasteiger partial charge in [-0.15, -0.1) is 10.1 Å². The number of unbranched alkanes of at least 4 members (excludes halogenated alkanes) is 2. The van der Waals surface area contributed by atoms with Crippen LogP contribution in [0.4, 0.5) is 13.2 Å². The first-order chi connectivity index (χ1) is 20.7. The molecule has 1 saturated carbocycles. The Kier molecular flexibility index (Phi) is 20.9. The first kappa shape index (κ1) is 40.4. The number of carbonyl (C=O) groups excluding carboxylic acids is 2. The summed E-state index contributed by atoms with van der Waals surface area (Å²) >= 11 is 0. The molecule has 1 fully saturated rings. The number of hydrogen-bond acceptors (Lipinski definition) is 9. The van der Waals surface area contributed by atoms with Gasteiger partial charge in [-0.3, -0.25) is 9.59 Å². The van der Waals surface area contributed by atoms with Crippen LogP contribution in [0.2, 0.25) is 0 Å². The maximum absolute atomic E-state index is 12.6. The second-order valence-corrected chi connectivity index (χ2v) is 10.1. The van der Waals surface area contributed by atoms with Crippen LogP contribution in [0, 0.1) is 22.0 Å². The molecule has 0 heterocycles. The van der Waals surface area contributed by atoms with Crippen LogP contribution in [0.15, 0.2) is 48.6 Å². The van der Waals surface area contributed by atoms with Gasteiger partial charge in [0.15, 0.2) is 0 Å². The molecule has 5 atom stereocenters. The number of aliphatic hydroxyl groups is 2. The molecule has 0 aromatic heterocycles. The minimum atomic E-state index is -4.42. The minimum Gasteiger partial charge on any atom is -0.491 e. The number of nitrogens with one attached hydrogen (secondary N) is 1. The van der Waals surface area contributed by atoms with Crippen molar-refractivity contribution in [3.8, 4) is 5.75 Å². The van der Waals surface area contributed by atoms with Crippen LogP contribution in [0.1, 0.15) is 65.4 Å². The topological polar surface area (TPSA) is 157 Å². The molecular formula is C30H45F3N2O9. The van der Waals surface area contributed by atoms with Gasteiger partial charge < -0.3 is 29.8 Å². The van der Waals surface area contributed by atoms with Gasteiger partial charge in [0, 0.05) is 5.92 Å². The van der Waals surface area contributed by atoms with E-state index >= 15 is 0 Å². The maximum Gasteiger partial charge on any atom is 0.416 e. The number of nitrogens with zero attached hydrogens (tertiary/aromatic N) is 1. The van der Waals surface area contributed by atoms with Gasteiger partial charge in [0.25, 0.3) is 5.09 Å². The van der Waals surface area contributed by atoms with Gasteiger partial charge in [-0.1, -0.05) is 57.1 Å². The Morgan fingerprint density at radius 2 is 1.98 bits per heavy atom. The van der Waals surface area contributed by atoms with E-state index < -0.39 is 41.1 Å². The highest BCUT2D eigenvalue weighted by molar-refractivity contribution is 5.73. The van der Waals surface area contributed by atoms with Crippen molar-refractivity contribution in [1.82, 2.24) is 5.32 Å². The standard InChI is InChI=1S/C17H21F3O3.C7H14.C6H10N2O6/c1-11-7-12(16(22)8-11)5-6-14(21)10-23-15-4-2-3-13(9-15)17(18,19)20;1-3-5-7-6-4-2;1-5(14-8(11)12)3-13-6(10)2-7-4-9/h2-6,9,11-12,14,16,21-22H,7-8,10H2,1H3;3,5H,4,6-7H2,1-2H3;4-5H,2-3H2,1H3,(H,7,9)/b6-5+;5-3-;. The highest BCUT2D eigenvalue weighted by atomic mass is 19.4. The lowest BCUT2D eigenvalue weighted by atomic mass is 10.0. The molecule has 0 saturated heterocycles. The van der Waals surface area contributed by atoms with Crippen LogP contribution in [0.25, 0.3) is 0 Å². The largest absolute Gasteiger partial charge is 0.491 e. The molecule has 1 aliphatic rings. The molecule has 1 aliphatic carbocycles. The second kappa shape index (κ2) is 22.8. The molecule has 2 rings (SSSR count). The lowest BCUT2D eigenvalue weighted by molar-refractivity contribution is -0.767. The van der Waals surface area contributed by atoms with Gasteiger partial charge in [-0.2, -0.15) is 13.2 Å². The molecule has 44 heavy (non-hydrogen) atoms. The molecule has 1 aromatic rings. The van der Waals surface area contributed by atoms with Gasteiger partial charge in [0.05, 0.1) is 11.7 Å². The van der Waals surface area contributed by atoms with E-state index in [1.165, 1.54) is 44.4 Å².